The molecule has 0 unspecified atom stereocenters. The van der Waals surface area contributed by atoms with Crippen LogP contribution in [0, 0.1) is 20.8 Å². The van der Waals surface area contributed by atoms with Crippen LogP contribution in [0.25, 0.3) is 21.7 Å². The normalized spacial score (nSPS) is 11.0. The third-order valence-electron chi connectivity index (χ3n) is 4.77. The molecule has 0 N–H and O–H groups in total. The maximum atomic E-state index is 12.8. The number of carbonyl (C=O) groups is 2. The number of thiophene rings is 1. The summed E-state index contributed by atoms with van der Waals surface area (Å²) in [5.41, 5.74) is 4.31. The predicted molar refractivity (Wildman–Crippen MR) is 110 cm³/mol. The van der Waals surface area contributed by atoms with Gasteiger partial charge in [0.05, 0.1) is 27.2 Å². The van der Waals surface area contributed by atoms with Crippen molar-refractivity contribution in [1.29, 1.82) is 0 Å². The van der Waals surface area contributed by atoms with Crippen LogP contribution in [-0.4, -0.2) is 28.5 Å². The fourth-order valence-electron chi connectivity index (χ4n) is 3.01. The minimum Gasteiger partial charge on any atom is -0.454 e. The van der Waals surface area contributed by atoms with Crippen LogP contribution in [0.3, 0.4) is 0 Å². The van der Waals surface area contributed by atoms with Crippen LogP contribution < -0.4 is 0 Å². The van der Waals surface area contributed by atoms with E-state index in [-0.39, 0.29) is 23.7 Å². The number of carbonyl (C=O) groups excluding carboxylic acids is 2. The predicted octanol–water partition coefficient (Wildman–Crippen LogP) is 4.92. The van der Waals surface area contributed by atoms with Crippen LogP contribution in [0.15, 0.2) is 46.3 Å². The molecule has 4 rings (SSSR count). The van der Waals surface area contributed by atoms with E-state index in [1.54, 1.807) is 25.1 Å². The molecular formula is C22H18N2O4S. The molecule has 0 aliphatic carbocycles. The van der Waals surface area contributed by atoms with Gasteiger partial charge in [-0.2, -0.15) is 0 Å². The van der Waals surface area contributed by atoms with Crippen molar-refractivity contribution in [2.75, 3.05) is 6.61 Å². The second kappa shape index (κ2) is 7.60. The number of esters is 1. The fraction of sp³-hybridized carbons (Fsp3) is 0.182. The number of ketones is 1. The lowest BCUT2D eigenvalue weighted by Gasteiger charge is -2.08. The second-order valence-corrected chi connectivity index (χ2v) is 7.73. The first-order chi connectivity index (χ1) is 13.9. The highest BCUT2D eigenvalue weighted by Gasteiger charge is 2.21. The van der Waals surface area contributed by atoms with Crippen molar-refractivity contribution in [1.82, 2.24) is 10.1 Å². The number of hydrogen-bond acceptors (Lipinski definition) is 7. The molecule has 0 saturated heterocycles. The Morgan fingerprint density at radius 3 is 2.66 bits per heavy atom. The lowest BCUT2D eigenvalue weighted by atomic mass is 10.0. The molecule has 29 heavy (non-hydrogen) atoms. The van der Waals surface area contributed by atoms with Crippen molar-refractivity contribution in [3.63, 3.8) is 0 Å². The van der Waals surface area contributed by atoms with Crippen LogP contribution in [-0.2, 0) is 4.74 Å². The highest BCUT2D eigenvalue weighted by molar-refractivity contribution is 7.13. The summed E-state index contributed by atoms with van der Waals surface area (Å²) >= 11 is 1.50. The number of fused-ring (bicyclic) bond motifs is 1. The number of benzene rings is 1. The highest BCUT2D eigenvalue weighted by atomic mass is 32.1. The number of aromatic nitrogens is 2. The van der Waals surface area contributed by atoms with E-state index in [4.69, 9.17) is 9.26 Å². The molecule has 4 aromatic rings. The summed E-state index contributed by atoms with van der Waals surface area (Å²) in [5, 5.41) is 6.33. The number of hydrogen-bond donors (Lipinski definition) is 0. The van der Waals surface area contributed by atoms with Gasteiger partial charge in [-0.1, -0.05) is 23.4 Å². The highest BCUT2D eigenvalue weighted by Crippen LogP contribution is 2.29. The Kier molecular flexibility index (Phi) is 4.98. The van der Waals surface area contributed by atoms with Crippen LogP contribution in [0.1, 0.15) is 37.5 Å². The van der Waals surface area contributed by atoms with E-state index < -0.39 is 5.97 Å². The second-order valence-electron chi connectivity index (χ2n) is 6.78. The maximum absolute atomic E-state index is 12.8. The molecule has 7 heteroatoms. The molecule has 0 radical (unpaired) electrons. The molecule has 3 aromatic heterocycles. The van der Waals surface area contributed by atoms with Crippen LogP contribution in [0.2, 0.25) is 0 Å². The largest absolute Gasteiger partial charge is 0.454 e. The first-order valence-electron chi connectivity index (χ1n) is 9.02. The number of Topliss-reactive ketones (excluding diaryl/α,β-unsaturated/α-hetero) is 1. The van der Waals surface area contributed by atoms with Gasteiger partial charge < -0.3 is 9.26 Å². The molecule has 0 bridgehead atoms. The minimum absolute atomic E-state index is 0.257. The lowest BCUT2D eigenvalue weighted by molar-refractivity contribution is 0.0476. The minimum atomic E-state index is -0.612. The number of rotatable bonds is 5. The summed E-state index contributed by atoms with van der Waals surface area (Å²) in [6, 6.07) is 10.9. The van der Waals surface area contributed by atoms with Crippen molar-refractivity contribution < 1.29 is 18.8 Å². The molecule has 0 saturated carbocycles. The SMILES string of the molecule is Cc1ccc(C(=O)COC(=O)c2cc(-c3cccs3)nc3onc(C)c23)cc1C. The van der Waals surface area contributed by atoms with Crippen molar-refractivity contribution in [2.45, 2.75) is 20.8 Å². The zero-order valence-electron chi connectivity index (χ0n) is 16.2. The summed E-state index contributed by atoms with van der Waals surface area (Å²) in [6.07, 6.45) is 0. The summed E-state index contributed by atoms with van der Waals surface area (Å²) in [6.45, 7) is 5.30. The first kappa shape index (κ1) is 19.0. The van der Waals surface area contributed by atoms with E-state index in [9.17, 15) is 9.59 Å². The van der Waals surface area contributed by atoms with Gasteiger partial charge in [-0.25, -0.2) is 9.78 Å². The topological polar surface area (TPSA) is 82.3 Å². The number of nitrogens with zero attached hydrogens (tertiary/aromatic N) is 2. The van der Waals surface area contributed by atoms with Gasteiger partial charge in [-0.3, -0.25) is 4.79 Å². The zero-order chi connectivity index (χ0) is 20.5. The Labute approximate surface area is 171 Å². The fourth-order valence-corrected chi connectivity index (χ4v) is 3.70. The van der Waals surface area contributed by atoms with Gasteiger partial charge in [-0.15, -0.1) is 11.3 Å². The van der Waals surface area contributed by atoms with Crippen molar-refractivity contribution >= 4 is 34.2 Å². The van der Waals surface area contributed by atoms with Gasteiger partial charge in [0.15, 0.2) is 12.4 Å². The maximum Gasteiger partial charge on any atom is 0.339 e. The van der Waals surface area contributed by atoms with Crippen LogP contribution in [0.4, 0.5) is 0 Å². The number of aryl methyl sites for hydroxylation is 3. The zero-order valence-corrected chi connectivity index (χ0v) is 17.0. The quantitative estimate of drug-likeness (QED) is 0.346. The van der Waals surface area contributed by atoms with Crippen molar-refractivity contribution in [3.05, 3.63) is 69.7 Å². The molecule has 0 aliphatic rings. The first-order valence-corrected chi connectivity index (χ1v) is 9.90. The smallest absolute Gasteiger partial charge is 0.339 e. The molecule has 0 amide bonds. The Hall–Kier alpha value is -3.32. The Morgan fingerprint density at radius 1 is 1.10 bits per heavy atom. The van der Waals surface area contributed by atoms with E-state index in [2.05, 4.69) is 10.1 Å². The van der Waals surface area contributed by atoms with Gasteiger partial charge >= 0.3 is 5.97 Å². The molecule has 1 aromatic carbocycles. The molecular weight excluding hydrogens is 388 g/mol. The molecule has 0 aliphatic heterocycles. The van der Waals surface area contributed by atoms with Gasteiger partial charge in [0.25, 0.3) is 5.71 Å². The Morgan fingerprint density at radius 2 is 1.93 bits per heavy atom. The van der Waals surface area contributed by atoms with Gasteiger partial charge in [0.1, 0.15) is 0 Å². The standard InChI is InChI=1S/C22H18N2O4S/c1-12-6-7-15(9-13(12)2)18(25)11-27-22(26)16-10-17(19-5-4-8-29-19)23-21-20(16)14(3)24-28-21/h4-10H,11H2,1-3H3. The van der Waals surface area contributed by atoms with E-state index >= 15 is 0 Å². The van der Waals surface area contributed by atoms with Gasteiger partial charge in [0.2, 0.25) is 0 Å². The van der Waals surface area contributed by atoms with E-state index in [1.165, 1.54) is 11.3 Å². The lowest BCUT2D eigenvalue weighted by Crippen LogP contribution is -2.15. The summed E-state index contributed by atoms with van der Waals surface area (Å²) in [7, 11) is 0. The van der Waals surface area contributed by atoms with Crippen LogP contribution in [0.5, 0.6) is 0 Å². The van der Waals surface area contributed by atoms with Gasteiger partial charge in [-0.05, 0) is 55.5 Å². The van der Waals surface area contributed by atoms with E-state index in [1.807, 2.05) is 37.4 Å². The van der Waals surface area contributed by atoms with E-state index in [0.29, 0.717) is 22.3 Å². The molecule has 3 heterocycles. The number of pyridine rings is 1. The Bertz CT molecular complexity index is 1230. The number of ether oxygens (including phenoxy) is 1. The Balaban J connectivity index is 1.61. The van der Waals surface area contributed by atoms with Crippen LogP contribution >= 0.6 is 11.3 Å². The third kappa shape index (κ3) is 3.69. The summed E-state index contributed by atoms with van der Waals surface area (Å²) in [4.78, 5) is 30.6. The molecule has 0 atom stereocenters. The molecule has 0 fully saturated rings. The van der Waals surface area contributed by atoms with Gasteiger partial charge in [0, 0.05) is 5.56 Å². The average Bonchev–Trinajstić information content (AvgIpc) is 3.37. The summed E-state index contributed by atoms with van der Waals surface area (Å²) in [5.74, 6) is -0.869. The summed E-state index contributed by atoms with van der Waals surface area (Å²) < 4.78 is 10.6. The molecule has 0 spiro atoms. The molecule has 6 nitrogen and oxygen atoms in total. The van der Waals surface area contributed by atoms with Crippen molar-refractivity contribution in [3.8, 4) is 10.6 Å². The molecule has 146 valence electrons. The average molecular weight is 406 g/mol. The van der Waals surface area contributed by atoms with E-state index in [0.717, 1.165) is 16.0 Å². The monoisotopic (exact) mass is 406 g/mol. The third-order valence-corrected chi connectivity index (χ3v) is 5.67. The van der Waals surface area contributed by atoms with Crippen molar-refractivity contribution in [2.24, 2.45) is 0 Å².